The van der Waals surface area contributed by atoms with Gasteiger partial charge in [0.1, 0.15) is 0 Å². The molecule has 2 rings (SSSR count). The fourth-order valence-electron chi connectivity index (χ4n) is 2.33. The first-order valence-electron chi connectivity index (χ1n) is 6.56. The van der Waals surface area contributed by atoms with Crippen molar-refractivity contribution in [3.63, 3.8) is 0 Å². The van der Waals surface area contributed by atoms with E-state index in [-0.39, 0.29) is 0 Å². The van der Waals surface area contributed by atoms with E-state index in [9.17, 15) is 0 Å². The van der Waals surface area contributed by atoms with Crippen molar-refractivity contribution in [2.45, 2.75) is 20.8 Å². The summed E-state index contributed by atoms with van der Waals surface area (Å²) in [4.78, 5) is 4.23. The number of benzene rings is 1. The molecule has 0 saturated carbocycles. The van der Waals surface area contributed by atoms with Crippen molar-refractivity contribution in [1.82, 2.24) is 14.8 Å². The molecule has 0 bridgehead atoms. The maximum Gasteiger partial charge on any atom is 0.244 e. The molecule has 0 aliphatic carbocycles. The number of hydrogen-bond acceptors (Lipinski definition) is 5. The molecule has 6 nitrogen and oxygen atoms in total. The van der Waals surface area contributed by atoms with Crippen molar-refractivity contribution in [2.75, 3.05) is 31.3 Å². The molecule has 1 aromatic heterocycles. The lowest BCUT2D eigenvalue weighted by Gasteiger charge is -2.11. The zero-order chi connectivity index (χ0) is 14.7. The van der Waals surface area contributed by atoms with E-state index in [2.05, 4.69) is 48.3 Å². The average Bonchev–Trinajstić information content (AvgIpc) is 2.70. The second-order valence-corrected chi connectivity index (χ2v) is 4.87. The summed E-state index contributed by atoms with van der Waals surface area (Å²) in [7, 11) is 1.65. The number of methoxy groups -OCH3 is 1. The third-order valence-corrected chi connectivity index (χ3v) is 3.07. The van der Waals surface area contributed by atoms with Crippen LogP contribution in [0.1, 0.15) is 16.7 Å². The van der Waals surface area contributed by atoms with Gasteiger partial charge in [-0.1, -0.05) is 17.7 Å². The third-order valence-electron chi connectivity index (χ3n) is 3.07. The van der Waals surface area contributed by atoms with Crippen LogP contribution in [0.2, 0.25) is 0 Å². The van der Waals surface area contributed by atoms with Crippen LogP contribution in [0.3, 0.4) is 0 Å². The van der Waals surface area contributed by atoms with Crippen LogP contribution in [0, 0.1) is 20.8 Å². The van der Waals surface area contributed by atoms with Gasteiger partial charge in [-0.3, -0.25) is 0 Å². The molecule has 6 heteroatoms. The van der Waals surface area contributed by atoms with Gasteiger partial charge in [0.15, 0.2) is 0 Å². The first-order chi connectivity index (χ1) is 9.52. The molecular weight excluding hydrogens is 254 g/mol. The van der Waals surface area contributed by atoms with Gasteiger partial charge in [0.25, 0.3) is 0 Å². The van der Waals surface area contributed by atoms with Crippen LogP contribution in [0.4, 0.5) is 11.9 Å². The maximum absolute atomic E-state index is 5.97. The van der Waals surface area contributed by atoms with Gasteiger partial charge < -0.3 is 15.8 Å². The molecule has 108 valence electrons. The van der Waals surface area contributed by atoms with E-state index < -0.39 is 0 Å². The molecule has 1 heterocycles. The van der Waals surface area contributed by atoms with Crippen LogP contribution >= 0.6 is 0 Å². The number of nitrogens with one attached hydrogen (secondary N) is 1. The Morgan fingerprint density at radius 3 is 2.50 bits per heavy atom. The molecule has 0 amide bonds. The van der Waals surface area contributed by atoms with Crippen LogP contribution in [-0.4, -0.2) is 35.0 Å². The van der Waals surface area contributed by atoms with E-state index >= 15 is 0 Å². The monoisotopic (exact) mass is 275 g/mol. The Balaban J connectivity index is 2.34. The highest BCUT2D eigenvalue weighted by atomic mass is 16.5. The van der Waals surface area contributed by atoms with Crippen LogP contribution in [0.5, 0.6) is 0 Å². The molecule has 1 aromatic carbocycles. The Bertz CT molecular complexity index is 583. The third kappa shape index (κ3) is 2.91. The maximum atomic E-state index is 5.97. The molecule has 0 atom stereocenters. The van der Waals surface area contributed by atoms with E-state index in [4.69, 9.17) is 10.5 Å². The second-order valence-electron chi connectivity index (χ2n) is 4.87. The van der Waals surface area contributed by atoms with Crippen molar-refractivity contribution in [1.29, 1.82) is 0 Å². The highest BCUT2D eigenvalue weighted by Gasteiger charge is 2.13. The summed E-state index contributed by atoms with van der Waals surface area (Å²) in [6, 6.07) is 4.23. The highest BCUT2D eigenvalue weighted by molar-refractivity contribution is 5.52. The minimum Gasteiger partial charge on any atom is -0.383 e. The molecule has 3 N–H and O–H groups in total. The van der Waals surface area contributed by atoms with Crippen LogP contribution in [0.25, 0.3) is 5.69 Å². The Hall–Kier alpha value is -2.08. The summed E-state index contributed by atoms with van der Waals surface area (Å²) in [5, 5.41) is 7.50. The molecular formula is C14H21N5O. The molecule has 20 heavy (non-hydrogen) atoms. The topological polar surface area (TPSA) is 78.0 Å². The summed E-state index contributed by atoms with van der Waals surface area (Å²) < 4.78 is 6.66. The molecule has 0 saturated heterocycles. The summed E-state index contributed by atoms with van der Waals surface area (Å²) in [5.41, 5.74) is 10.4. The van der Waals surface area contributed by atoms with Crippen molar-refractivity contribution in [3.8, 4) is 5.69 Å². The normalized spacial score (nSPS) is 10.8. The van der Waals surface area contributed by atoms with Crippen LogP contribution < -0.4 is 11.1 Å². The van der Waals surface area contributed by atoms with Gasteiger partial charge in [-0.15, -0.1) is 5.10 Å². The fraction of sp³-hybridized carbons (Fsp3) is 0.429. The number of rotatable bonds is 5. The van der Waals surface area contributed by atoms with Gasteiger partial charge in [-0.05, 0) is 31.9 Å². The average molecular weight is 275 g/mol. The lowest BCUT2D eigenvalue weighted by molar-refractivity contribution is 0.210. The Kier molecular flexibility index (Phi) is 4.24. The standard InChI is InChI=1S/C14H21N5O/c1-9-7-10(2)12(11(3)8-9)19-13(15)17-14(18-19)16-5-6-20-4/h7-8H,5-6H2,1-4H3,(H3,15,16,17,18). The van der Waals surface area contributed by atoms with Crippen molar-refractivity contribution < 1.29 is 4.74 Å². The zero-order valence-corrected chi connectivity index (χ0v) is 12.4. The van der Waals surface area contributed by atoms with Crippen LogP contribution in [-0.2, 0) is 4.74 Å². The largest absolute Gasteiger partial charge is 0.383 e. The summed E-state index contributed by atoms with van der Waals surface area (Å²) in [6.45, 7) is 7.41. The first kappa shape index (κ1) is 14.3. The molecule has 0 spiro atoms. The number of nitrogens with two attached hydrogens (primary N) is 1. The highest BCUT2D eigenvalue weighted by Crippen LogP contribution is 2.23. The van der Waals surface area contributed by atoms with Gasteiger partial charge in [0.05, 0.1) is 12.3 Å². The lowest BCUT2D eigenvalue weighted by atomic mass is 10.1. The minimum atomic E-state index is 0.375. The SMILES string of the molecule is COCCNc1nc(N)n(-c2c(C)cc(C)cc2C)n1. The van der Waals surface area contributed by atoms with Gasteiger partial charge in [0.2, 0.25) is 11.9 Å². The molecule has 0 aliphatic heterocycles. The summed E-state index contributed by atoms with van der Waals surface area (Å²) in [6.07, 6.45) is 0. The van der Waals surface area contributed by atoms with E-state index in [1.54, 1.807) is 11.8 Å². The number of nitrogens with zero attached hydrogens (tertiary/aromatic N) is 3. The molecule has 2 aromatic rings. The van der Waals surface area contributed by atoms with Crippen molar-refractivity contribution in [3.05, 3.63) is 28.8 Å². The Morgan fingerprint density at radius 2 is 1.90 bits per heavy atom. The first-order valence-corrected chi connectivity index (χ1v) is 6.56. The predicted molar refractivity (Wildman–Crippen MR) is 80.3 cm³/mol. The summed E-state index contributed by atoms with van der Waals surface area (Å²) in [5.74, 6) is 0.888. The van der Waals surface area contributed by atoms with Crippen molar-refractivity contribution in [2.24, 2.45) is 0 Å². The van der Waals surface area contributed by atoms with Crippen LogP contribution in [0.15, 0.2) is 12.1 Å². The zero-order valence-electron chi connectivity index (χ0n) is 12.4. The second kappa shape index (κ2) is 5.92. The number of ether oxygens (including phenoxy) is 1. The number of aromatic nitrogens is 3. The lowest BCUT2D eigenvalue weighted by Crippen LogP contribution is -2.09. The van der Waals surface area contributed by atoms with Crippen molar-refractivity contribution >= 4 is 11.9 Å². The molecule has 0 unspecified atom stereocenters. The Morgan fingerprint density at radius 1 is 1.25 bits per heavy atom. The number of anilines is 2. The minimum absolute atomic E-state index is 0.375. The van der Waals surface area contributed by atoms with E-state index in [0.29, 0.717) is 25.0 Å². The fourth-order valence-corrected chi connectivity index (χ4v) is 2.33. The van der Waals surface area contributed by atoms with Gasteiger partial charge in [-0.25, -0.2) is 0 Å². The van der Waals surface area contributed by atoms with Gasteiger partial charge >= 0.3 is 0 Å². The van der Waals surface area contributed by atoms with E-state index in [1.807, 2.05) is 0 Å². The summed E-state index contributed by atoms with van der Waals surface area (Å²) >= 11 is 0. The Labute approximate surface area is 119 Å². The number of hydrogen-bond donors (Lipinski definition) is 2. The number of nitrogen functional groups attached to an aromatic ring is 1. The molecule has 0 aliphatic rings. The molecule has 0 radical (unpaired) electrons. The predicted octanol–water partition coefficient (Wildman–Crippen LogP) is 1.83. The van der Waals surface area contributed by atoms with Gasteiger partial charge in [-0.2, -0.15) is 9.67 Å². The molecule has 0 fully saturated rings. The van der Waals surface area contributed by atoms with E-state index in [1.165, 1.54) is 5.56 Å². The number of aryl methyl sites for hydroxylation is 3. The van der Waals surface area contributed by atoms with Gasteiger partial charge in [0, 0.05) is 13.7 Å². The quantitative estimate of drug-likeness (QED) is 0.814. The smallest absolute Gasteiger partial charge is 0.244 e. The van der Waals surface area contributed by atoms with E-state index in [0.717, 1.165) is 16.8 Å².